The number of aliphatic imine (C=N–C) groups is 1. The summed E-state index contributed by atoms with van der Waals surface area (Å²) in [6, 6.07) is 0. The van der Waals surface area contributed by atoms with Crippen molar-refractivity contribution in [1.82, 2.24) is 14.1 Å². The van der Waals surface area contributed by atoms with E-state index in [4.69, 9.17) is 0 Å². The van der Waals surface area contributed by atoms with Crippen LogP contribution in [0.5, 0.6) is 0 Å². The van der Waals surface area contributed by atoms with Gasteiger partial charge in [0, 0.05) is 47.8 Å². The highest BCUT2D eigenvalue weighted by Crippen LogP contribution is 2.19. The van der Waals surface area contributed by atoms with Gasteiger partial charge >= 0.3 is 0 Å². The van der Waals surface area contributed by atoms with E-state index in [9.17, 15) is 8.42 Å². The van der Waals surface area contributed by atoms with Crippen LogP contribution in [0.3, 0.4) is 0 Å². The standard InChI is InChI=1S/C11H24N4O2S/c1-13(2)11(14(3)4)12-8-10-6-7-15(9-10)18(5,16)17/h10H,6-9H2,1-5H3. The van der Waals surface area contributed by atoms with E-state index in [1.807, 2.05) is 38.0 Å². The SMILES string of the molecule is CN(C)C(=NCC1CCN(S(C)(=O)=O)C1)N(C)C. The summed E-state index contributed by atoms with van der Waals surface area (Å²) in [5, 5.41) is 0. The van der Waals surface area contributed by atoms with Crippen molar-refractivity contribution >= 4 is 16.0 Å². The predicted octanol–water partition coefficient (Wildman–Crippen LogP) is -0.253. The Kier molecular flexibility index (Phi) is 4.98. The molecule has 0 spiro atoms. The molecular formula is C11H24N4O2S. The van der Waals surface area contributed by atoms with Gasteiger partial charge in [0.1, 0.15) is 0 Å². The molecule has 6 nitrogen and oxygen atoms in total. The Morgan fingerprint density at radius 3 is 2.22 bits per heavy atom. The summed E-state index contributed by atoms with van der Waals surface area (Å²) in [4.78, 5) is 8.49. The number of sulfonamides is 1. The van der Waals surface area contributed by atoms with Crippen molar-refractivity contribution in [2.24, 2.45) is 10.9 Å². The van der Waals surface area contributed by atoms with Gasteiger partial charge in [-0.3, -0.25) is 4.99 Å². The van der Waals surface area contributed by atoms with Crippen LogP contribution < -0.4 is 0 Å². The number of hydrogen-bond donors (Lipinski definition) is 0. The van der Waals surface area contributed by atoms with Crippen LogP contribution in [0.1, 0.15) is 6.42 Å². The van der Waals surface area contributed by atoms with Gasteiger partial charge in [-0.25, -0.2) is 12.7 Å². The van der Waals surface area contributed by atoms with E-state index in [-0.39, 0.29) is 0 Å². The van der Waals surface area contributed by atoms with Gasteiger partial charge < -0.3 is 9.80 Å². The van der Waals surface area contributed by atoms with E-state index in [2.05, 4.69) is 4.99 Å². The molecule has 0 N–H and O–H groups in total. The second-order valence-electron chi connectivity index (χ2n) is 5.21. The molecule has 1 aliphatic rings. The largest absolute Gasteiger partial charge is 0.349 e. The summed E-state index contributed by atoms with van der Waals surface area (Å²) in [6.45, 7) is 1.90. The molecule has 0 aliphatic carbocycles. The minimum Gasteiger partial charge on any atom is -0.349 e. The summed E-state index contributed by atoms with van der Waals surface area (Å²) in [5.41, 5.74) is 0. The van der Waals surface area contributed by atoms with Gasteiger partial charge in [0.05, 0.1) is 6.26 Å². The Balaban J connectivity index is 2.58. The molecule has 0 amide bonds. The summed E-state index contributed by atoms with van der Waals surface area (Å²) in [6.07, 6.45) is 2.16. The smallest absolute Gasteiger partial charge is 0.211 e. The lowest BCUT2D eigenvalue weighted by Gasteiger charge is -2.23. The zero-order valence-electron chi connectivity index (χ0n) is 11.9. The first-order valence-corrected chi connectivity index (χ1v) is 7.91. The molecule has 0 bridgehead atoms. The summed E-state index contributed by atoms with van der Waals surface area (Å²) in [7, 11) is 4.78. The lowest BCUT2D eigenvalue weighted by molar-refractivity contribution is 0.454. The van der Waals surface area contributed by atoms with Gasteiger partial charge in [-0.2, -0.15) is 0 Å². The Morgan fingerprint density at radius 1 is 1.28 bits per heavy atom. The fourth-order valence-electron chi connectivity index (χ4n) is 2.14. The van der Waals surface area contributed by atoms with Crippen molar-refractivity contribution in [1.29, 1.82) is 0 Å². The molecule has 1 fully saturated rings. The fourth-order valence-corrected chi connectivity index (χ4v) is 3.06. The van der Waals surface area contributed by atoms with Crippen LogP contribution in [-0.4, -0.2) is 82.6 Å². The molecule has 0 saturated carbocycles. The van der Waals surface area contributed by atoms with Gasteiger partial charge in [-0.15, -0.1) is 0 Å². The second kappa shape index (κ2) is 5.88. The van der Waals surface area contributed by atoms with Crippen molar-refractivity contribution in [3.63, 3.8) is 0 Å². The molecule has 1 saturated heterocycles. The minimum atomic E-state index is -3.04. The first-order valence-electron chi connectivity index (χ1n) is 6.06. The highest BCUT2D eigenvalue weighted by atomic mass is 32.2. The molecule has 18 heavy (non-hydrogen) atoms. The zero-order valence-corrected chi connectivity index (χ0v) is 12.7. The fraction of sp³-hybridized carbons (Fsp3) is 0.909. The Bertz CT molecular complexity index is 393. The quantitative estimate of drug-likeness (QED) is 0.527. The summed E-state index contributed by atoms with van der Waals surface area (Å²) >= 11 is 0. The van der Waals surface area contributed by atoms with Crippen molar-refractivity contribution in [3.05, 3.63) is 0 Å². The van der Waals surface area contributed by atoms with E-state index in [1.165, 1.54) is 10.6 Å². The van der Waals surface area contributed by atoms with Gasteiger partial charge in [-0.1, -0.05) is 0 Å². The number of hydrogen-bond acceptors (Lipinski definition) is 3. The molecule has 0 aromatic carbocycles. The lowest BCUT2D eigenvalue weighted by atomic mass is 10.1. The lowest BCUT2D eigenvalue weighted by Crippen LogP contribution is -2.36. The zero-order chi connectivity index (χ0) is 13.9. The maximum absolute atomic E-state index is 11.4. The molecule has 1 rings (SSSR count). The van der Waals surface area contributed by atoms with Crippen LogP contribution in [0.2, 0.25) is 0 Å². The molecule has 0 radical (unpaired) electrons. The van der Waals surface area contributed by atoms with Crippen molar-refractivity contribution in [2.75, 3.05) is 54.1 Å². The molecule has 1 unspecified atom stereocenters. The molecule has 106 valence electrons. The first kappa shape index (κ1) is 15.2. The maximum Gasteiger partial charge on any atom is 0.211 e. The molecule has 1 aliphatic heterocycles. The van der Waals surface area contributed by atoms with Gasteiger partial charge in [-0.05, 0) is 12.3 Å². The van der Waals surface area contributed by atoms with Crippen LogP contribution in [0.4, 0.5) is 0 Å². The summed E-state index contributed by atoms with van der Waals surface area (Å²) in [5.74, 6) is 1.24. The van der Waals surface area contributed by atoms with E-state index >= 15 is 0 Å². The topological polar surface area (TPSA) is 56.2 Å². The Labute approximate surface area is 110 Å². The summed E-state index contributed by atoms with van der Waals surface area (Å²) < 4.78 is 24.4. The average molecular weight is 276 g/mol. The molecule has 1 atom stereocenters. The number of nitrogens with zero attached hydrogens (tertiary/aromatic N) is 4. The average Bonchev–Trinajstić information content (AvgIpc) is 2.64. The van der Waals surface area contributed by atoms with Crippen LogP contribution in [-0.2, 0) is 10.0 Å². The molecule has 7 heteroatoms. The Hall–Kier alpha value is -0.820. The van der Waals surface area contributed by atoms with Gasteiger partial charge in [0.2, 0.25) is 10.0 Å². The van der Waals surface area contributed by atoms with Crippen molar-refractivity contribution < 1.29 is 8.42 Å². The van der Waals surface area contributed by atoms with E-state index in [0.29, 0.717) is 25.6 Å². The minimum absolute atomic E-state index is 0.328. The third kappa shape index (κ3) is 4.13. The third-order valence-corrected chi connectivity index (χ3v) is 4.28. The van der Waals surface area contributed by atoms with Gasteiger partial charge in [0.25, 0.3) is 0 Å². The van der Waals surface area contributed by atoms with E-state index in [0.717, 1.165) is 12.4 Å². The number of guanidine groups is 1. The van der Waals surface area contributed by atoms with E-state index < -0.39 is 10.0 Å². The van der Waals surface area contributed by atoms with Crippen LogP contribution >= 0.6 is 0 Å². The number of rotatable bonds is 3. The highest BCUT2D eigenvalue weighted by molar-refractivity contribution is 7.88. The van der Waals surface area contributed by atoms with Gasteiger partial charge in [0.15, 0.2) is 5.96 Å². The molecule has 1 heterocycles. The first-order chi connectivity index (χ1) is 8.21. The van der Waals surface area contributed by atoms with E-state index in [1.54, 1.807) is 0 Å². The molecular weight excluding hydrogens is 252 g/mol. The normalized spacial score (nSPS) is 20.8. The maximum atomic E-state index is 11.4. The van der Waals surface area contributed by atoms with Crippen molar-refractivity contribution in [2.45, 2.75) is 6.42 Å². The Morgan fingerprint density at radius 2 is 1.83 bits per heavy atom. The van der Waals surface area contributed by atoms with Crippen LogP contribution in [0.15, 0.2) is 4.99 Å². The molecule has 0 aromatic rings. The predicted molar refractivity (Wildman–Crippen MR) is 74.2 cm³/mol. The second-order valence-corrected chi connectivity index (χ2v) is 7.19. The third-order valence-electron chi connectivity index (χ3n) is 3.01. The van der Waals surface area contributed by atoms with Crippen molar-refractivity contribution in [3.8, 4) is 0 Å². The highest BCUT2D eigenvalue weighted by Gasteiger charge is 2.28. The monoisotopic (exact) mass is 276 g/mol. The van der Waals surface area contributed by atoms with Crippen LogP contribution in [0.25, 0.3) is 0 Å². The molecule has 0 aromatic heterocycles. The van der Waals surface area contributed by atoms with Crippen LogP contribution in [0, 0.1) is 5.92 Å².